The van der Waals surface area contributed by atoms with Crippen LogP contribution in [0, 0.1) is 5.82 Å². The summed E-state index contributed by atoms with van der Waals surface area (Å²) in [6, 6.07) is 13.5. The zero-order valence-corrected chi connectivity index (χ0v) is 16.5. The molecule has 6 nitrogen and oxygen atoms in total. The molecular formula is C20H23FN4O2S. The first-order valence-corrected chi connectivity index (χ1v) is 9.42. The minimum atomic E-state index is -0.371. The zero-order chi connectivity index (χ0) is 19.9. The van der Waals surface area contributed by atoms with Gasteiger partial charge in [0.1, 0.15) is 11.6 Å². The van der Waals surface area contributed by atoms with Gasteiger partial charge in [0, 0.05) is 37.6 Å². The molecule has 0 radical (unpaired) electrons. The van der Waals surface area contributed by atoms with Gasteiger partial charge in [0.2, 0.25) is 5.91 Å². The number of halogens is 1. The summed E-state index contributed by atoms with van der Waals surface area (Å²) < 4.78 is 18.3. The van der Waals surface area contributed by atoms with Crippen LogP contribution in [-0.4, -0.2) is 60.7 Å². The number of ether oxygens (including phenoxy) is 1. The molecule has 3 rings (SSSR count). The Hall–Kier alpha value is -2.71. The Labute approximate surface area is 169 Å². The lowest BCUT2D eigenvalue weighted by atomic mass is 10.3. The van der Waals surface area contributed by atoms with Crippen molar-refractivity contribution in [2.45, 2.75) is 0 Å². The van der Waals surface area contributed by atoms with Gasteiger partial charge in [0.05, 0.1) is 13.7 Å². The molecule has 0 unspecified atom stereocenters. The average molecular weight is 402 g/mol. The molecule has 0 saturated carbocycles. The van der Waals surface area contributed by atoms with E-state index in [4.69, 9.17) is 17.0 Å². The summed E-state index contributed by atoms with van der Waals surface area (Å²) in [4.78, 5) is 16.3. The summed E-state index contributed by atoms with van der Waals surface area (Å²) in [6.45, 7) is 3.18. The van der Waals surface area contributed by atoms with Gasteiger partial charge in [-0.25, -0.2) is 4.39 Å². The predicted octanol–water partition coefficient (Wildman–Crippen LogP) is 2.79. The number of nitrogens with one attached hydrogen (secondary N) is 2. The molecule has 1 amide bonds. The largest absolute Gasteiger partial charge is 0.497 e. The first-order chi connectivity index (χ1) is 13.5. The highest BCUT2D eigenvalue weighted by molar-refractivity contribution is 7.80. The summed E-state index contributed by atoms with van der Waals surface area (Å²) in [5.74, 6) is 0.267. The molecule has 2 aromatic rings. The Morgan fingerprint density at radius 2 is 1.79 bits per heavy atom. The first-order valence-electron chi connectivity index (χ1n) is 9.01. The number of amides is 1. The lowest BCUT2D eigenvalue weighted by molar-refractivity contribution is -0.117. The molecule has 1 saturated heterocycles. The van der Waals surface area contributed by atoms with Gasteiger partial charge in [-0.05, 0) is 54.7 Å². The number of hydrogen-bond acceptors (Lipinski definition) is 4. The van der Waals surface area contributed by atoms with Crippen LogP contribution in [0.2, 0.25) is 0 Å². The quantitative estimate of drug-likeness (QED) is 0.750. The van der Waals surface area contributed by atoms with Crippen LogP contribution in [0.25, 0.3) is 0 Å². The van der Waals surface area contributed by atoms with Gasteiger partial charge in [-0.15, -0.1) is 0 Å². The topological polar surface area (TPSA) is 56.8 Å². The Bertz CT molecular complexity index is 823. The number of carbonyl (C=O) groups excluding carboxylic acids is 1. The highest BCUT2D eigenvalue weighted by atomic mass is 32.1. The lowest BCUT2D eigenvalue weighted by Gasteiger charge is -2.35. The summed E-state index contributed by atoms with van der Waals surface area (Å²) in [5, 5.41) is 6.61. The van der Waals surface area contributed by atoms with Crippen molar-refractivity contribution in [1.29, 1.82) is 0 Å². The SMILES string of the molecule is COc1ccc(NC(=S)N2CCN(CC(=O)Nc3cccc(F)c3)CC2)cc1. The third kappa shape index (κ3) is 5.64. The first kappa shape index (κ1) is 20.0. The zero-order valence-electron chi connectivity index (χ0n) is 15.7. The van der Waals surface area contributed by atoms with Gasteiger partial charge in [0.15, 0.2) is 5.11 Å². The molecular weight excluding hydrogens is 379 g/mol. The highest BCUT2D eigenvalue weighted by Crippen LogP contribution is 2.16. The van der Waals surface area contributed by atoms with Crippen molar-refractivity contribution < 1.29 is 13.9 Å². The maximum absolute atomic E-state index is 13.2. The number of hydrogen-bond donors (Lipinski definition) is 2. The number of methoxy groups -OCH3 is 1. The Balaban J connectivity index is 1.43. The average Bonchev–Trinajstić information content (AvgIpc) is 2.69. The molecule has 0 bridgehead atoms. The Morgan fingerprint density at radius 3 is 2.43 bits per heavy atom. The maximum Gasteiger partial charge on any atom is 0.238 e. The third-order valence-electron chi connectivity index (χ3n) is 4.48. The molecule has 0 aliphatic carbocycles. The van der Waals surface area contributed by atoms with E-state index in [0.717, 1.165) is 37.6 Å². The van der Waals surface area contributed by atoms with E-state index in [0.29, 0.717) is 10.8 Å². The van der Waals surface area contributed by atoms with Gasteiger partial charge in [-0.2, -0.15) is 0 Å². The summed E-state index contributed by atoms with van der Waals surface area (Å²) in [5.41, 5.74) is 1.37. The molecule has 8 heteroatoms. The van der Waals surface area contributed by atoms with E-state index in [9.17, 15) is 9.18 Å². The van der Waals surface area contributed by atoms with Crippen molar-refractivity contribution in [3.63, 3.8) is 0 Å². The molecule has 2 aromatic carbocycles. The van der Waals surface area contributed by atoms with Gasteiger partial charge in [-0.3, -0.25) is 9.69 Å². The second-order valence-electron chi connectivity index (χ2n) is 6.48. The standard InChI is InChI=1S/C20H23FN4O2S/c1-27-18-7-5-16(6-8-18)23-20(28)25-11-9-24(10-12-25)14-19(26)22-17-4-2-3-15(21)13-17/h2-8,13H,9-12,14H2,1H3,(H,22,26)(H,23,28). The fraction of sp³-hybridized carbons (Fsp3) is 0.300. The summed E-state index contributed by atoms with van der Waals surface area (Å²) in [6.07, 6.45) is 0. The van der Waals surface area contributed by atoms with Crippen LogP contribution in [-0.2, 0) is 4.79 Å². The number of thiocarbonyl (C=S) groups is 1. The van der Waals surface area contributed by atoms with Crippen LogP contribution in [0.3, 0.4) is 0 Å². The third-order valence-corrected chi connectivity index (χ3v) is 4.84. The molecule has 1 fully saturated rings. The van der Waals surface area contributed by atoms with E-state index in [1.807, 2.05) is 24.3 Å². The van der Waals surface area contributed by atoms with E-state index in [2.05, 4.69) is 20.4 Å². The second-order valence-corrected chi connectivity index (χ2v) is 6.87. The molecule has 0 atom stereocenters. The van der Waals surface area contributed by atoms with Crippen LogP contribution < -0.4 is 15.4 Å². The molecule has 1 heterocycles. The maximum atomic E-state index is 13.2. The minimum absolute atomic E-state index is 0.155. The molecule has 0 spiro atoms. The van der Waals surface area contributed by atoms with Gasteiger partial charge in [0.25, 0.3) is 0 Å². The number of piperazine rings is 1. The van der Waals surface area contributed by atoms with Crippen molar-refractivity contribution in [1.82, 2.24) is 9.80 Å². The highest BCUT2D eigenvalue weighted by Gasteiger charge is 2.20. The molecule has 28 heavy (non-hydrogen) atoms. The lowest BCUT2D eigenvalue weighted by Crippen LogP contribution is -2.51. The van der Waals surface area contributed by atoms with Crippen molar-refractivity contribution in [2.75, 3.05) is 50.5 Å². The Morgan fingerprint density at radius 1 is 1.07 bits per heavy atom. The smallest absolute Gasteiger partial charge is 0.238 e. The van der Waals surface area contributed by atoms with E-state index in [1.165, 1.54) is 12.1 Å². The van der Waals surface area contributed by atoms with Crippen LogP contribution in [0.5, 0.6) is 5.75 Å². The number of anilines is 2. The number of benzene rings is 2. The predicted molar refractivity (Wildman–Crippen MR) is 112 cm³/mol. The van der Waals surface area contributed by atoms with E-state index < -0.39 is 0 Å². The van der Waals surface area contributed by atoms with Crippen molar-refractivity contribution in [3.05, 3.63) is 54.3 Å². The van der Waals surface area contributed by atoms with Gasteiger partial charge >= 0.3 is 0 Å². The van der Waals surface area contributed by atoms with Crippen molar-refractivity contribution in [3.8, 4) is 5.75 Å². The fourth-order valence-electron chi connectivity index (χ4n) is 2.96. The molecule has 148 valence electrons. The minimum Gasteiger partial charge on any atom is -0.497 e. The van der Waals surface area contributed by atoms with Crippen LogP contribution in [0.1, 0.15) is 0 Å². The molecule has 1 aliphatic rings. The van der Waals surface area contributed by atoms with Crippen LogP contribution >= 0.6 is 12.2 Å². The number of rotatable bonds is 5. The van der Waals surface area contributed by atoms with Crippen molar-refractivity contribution in [2.24, 2.45) is 0 Å². The van der Waals surface area contributed by atoms with E-state index in [1.54, 1.807) is 19.2 Å². The second kappa shape index (κ2) is 9.48. The molecule has 0 aromatic heterocycles. The molecule has 1 aliphatic heterocycles. The van der Waals surface area contributed by atoms with Gasteiger partial charge < -0.3 is 20.3 Å². The monoisotopic (exact) mass is 402 g/mol. The normalized spacial score (nSPS) is 14.4. The van der Waals surface area contributed by atoms with E-state index >= 15 is 0 Å². The number of nitrogens with zero attached hydrogens (tertiary/aromatic N) is 2. The Kier molecular flexibility index (Phi) is 6.78. The molecule has 2 N–H and O–H groups in total. The van der Waals surface area contributed by atoms with Gasteiger partial charge in [-0.1, -0.05) is 6.07 Å². The van der Waals surface area contributed by atoms with Crippen LogP contribution in [0.15, 0.2) is 48.5 Å². The summed E-state index contributed by atoms with van der Waals surface area (Å²) in [7, 11) is 1.63. The van der Waals surface area contributed by atoms with Crippen molar-refractivity contribution >= 4 is 34.6 Å². The number of carbonyl (C=O) groups is 1. The summed E-state index contributed by atoms with van der Waals surface area (Å²) >= 11 is 5.49. The van der Waals surface area contributed by atoms with E-state index in [-0.39, 0.29) is 18.3 Å². The van der Waals surface area contributed by atoms with Crippen LogP contribution in [0.4, 0.5) is 15.8 Å². The fourth-order valence-corrected chi connectivity index (χ4v) is 3.26.